The molecule has 3 nitrogen and oxygen atoms in total. The van der Waals surface area contributed by atoms with Gasteiger partial charge in [-0.2, -0.15) is 0 Å². The first-order valence-corrected chi connectivity index (χ1v) is 8.47. The highest BCUT2D eigenvalue weighted by atomic mass is 16.2. The van der Waals surface area contributed by atoms with Crippen molar-refractivity contribution in [2.45, 2.75) is 59.4 Å². The van der Waals surface area contributed by atoms with Gasteiger partial charge in [0, 0.05) is 38.6 Å². The lowest BCUT2D eigenvalue weighted by atomic mass is 9.89. The second-order valence-corrected chi connectivity index (χ2v) is 7.61. The Hall–Kier alpha value is -0.570. The number of carbonyl (C=O) groups is 1. The molecule has 2 rings (SSSR count). The fourth-order valence-electron chi connectivity index (χ4n) is 3.97. The molecular formula is C17H32N2O. The Balaban J connectivity index is 1.80. The zero-order chi connectivity index (χ0) is 14.7. The third-order valence-corrected chi connectivity index (χ3v) is 4.81. The SMILES string of the molecule is CC(C)CC(=O)N1CCC(N2C[C@H](C)C[C@H](C)C2)CC1. The van der Waals surface area contributed by atoms with Gasteiger partial charge in [-0.25, -0.2) is 0 Å². The molecular weight excluding hydrogens is 248 g/mol. The van der Waals surface area contributed by atoms with E-state index in [-0.39, 0.29) is 0 Å². The zero-order valence-electron chi connectivity index (χ0n) is 13.8. The molecule has 2 heterocycles. The topological polar surface area (TPSA) is 23.6 Å². The van der Waals surface area contributed by atoms with Gasteiger partial charge in [0.15, 0.2) is 0 Å². The van der Waals surface area contributed by atoms with E-state index < -0.39 is 0 Å². The molecule has 0 radical (unpaired) electrons. The van der Waals surface area contributed by atoms with Crippen LogP contribution in [0.1, 0.15) is 53.4 Å². The third-order valence-electron chi connectivity index (χ3n) is 4.81. The first kappa shape index (κ1) is 15.8. The molecule has 20 heavy (non-hydrogen) atoms. The van der Waals surface area contributed by atoms with Crippen LogP contribution in [0.4, 0.5) is 0 Å². The highest BCUT2D eigenvalue weighted by Gasteiger charge is 2.31. The molecule has 2 saturated heterocycles. The molecule has 0 aromatic rings. The van der Waals surface area contributed by atoms with E-state index in [1.807, 2.05) is 0 Å². The molecule has 1 amide bonds. The Bertz CT molecular complexity index is 311. The van der Waals surface area contributed by atoms with Crippen LogP contribution in [0.5, 0.6) is 0 Å². The number of hydrogen-bond donors (Lipinski definition) is 0. The summed E-state index contributed by atoms with van der Waals surface area (Å²) in [6, 6.07) is 0.711. The quantitative estimate of drug-likeness (QED) is 0.793. The molecule has 0 saturated carbocycles. The van der Waals surface area contributed by atoms with Crippen molar-refractivity contribution in [2.24, 2.45) is 17.8 Å². The fraction of sp³-hybridized carbons (Fsp3) is 0.941. The summed E-state index contributed by atoms with van der Waals surface area (Å²) in [6.45, 7) is 13.5. The van der Waals surface area contributed by atoms with Crippen LogP contribution in [0.25, 0.3) is 0 Å². The number of likely N-dealkylation sites (tertiary alicyclic amines) is 2. The van der Waals surface area contributed by atoms with Gasteiger partial charge < -0.3 is 4.90 Å². The maximum absolute atomic E-state index is 12.1. The molecule has 0 aliphatic carbocycles. The van der Waals surface area contributed by atoms with E-state index in [0.717, 1.165) is 24.9 Å². The summed E-state index contributed by atoms with van der Waals surface area (Å²) < 4.78 is 0. The van der Waals surface area contributed by atoms with Crippen molar-refractivity contribution in [3.63, 3.8) is 0 Å². The van der Waals surface area contributed by atoms with Gasteiger partial charge in [-0.05, 0) is 37.0 Å². The largest absolute Gasteiger partial charge is 0.343 e. The Morgan fingerprint density at radius 2 is 1.65 bits per heavy atom. The van der Waals surface area contributed by atoms with Crippen molar-refractivity contribution in [1.29, 1.82) is 0 Å². The molecule has 0 N–H and O–H groups in total. The number of amides is 1. The molecule has 2 aliphatic heterocycles. The molecule has 2 aliphatic rings. The number of piperidine rings is 2. The fourth-order valence-corrected chi connectivity index (χ4v) is 3.97. The summed E-state index contributed by atoms with van der Waals surface area (Å²) in [5, 5.41) is 0. The smallest absolute Gasteiger partial charge is 0.222 e. The predicted molar refractivity (Wildman–Crippen MR) is 83.6 cm³/mol. The van der Waals surface area contributed by atoms with Gasteiger partial charge in [-0.15, -0.1) is 0 Å². The van der Waals surface area contributed by atoms with Crippen molar-refractivity contribution >= 4 is 5.91 Å². The van der Waals surface area contributed by atoms with Gasteiger partial charge >= 0.3 is 0 Å². The average molecular weight is 280 g/mol. The summed E-state index contributed by atoms with van der Waals surface area (Å²) in [7, 11) is 0. The van der Waals surface area contributed by atoms with Crippen LogP contribution in [0.2, 0.25) is 0 Å². The summed E-state index contributed by atoms with van der Waals surface area (Å²) in [5.41, 5.74) is 0. The van der Waals surface area contributed by atoms with Crippen molar-refractivity contribution in [3.05, 3.63) is 0 Å². The minimum atomic E-state index is 0.360. The van der Waals surface area contributed by atoms with Crippen molar-refractivity contribution < 1.29 is 4.79 Å². The normalized spacial score (nSPS) is 29.9. The van der Waals surface area contributed by atoms with Crippen molar-refractivity contribution in [2.75, 3.05) is 26.2 Å². The van der Waals surface area contributed by atoms with E-state index in [2.05, 4.69) is 37.5 Å². The second kappa shape index (κ2) is 6.93. The summed E-state index contributed by atoms with van der Waals surface area (Å²) in [6.07, 6.45) is 4.43. The molecule has 0 unspecified atom stereocenters. The molecule has 2 fully saturated rings. The number of hydrogen-bond acceptors (Lipinski definition) is 2. The lowest BCUT2D eigenvalue weighted by Gasteiger charge is -2.43. The first-order chi connectivity index (χ1) is 9.45. The van der Waals surface area contributed by atoms with Gasteiger partial charge in [0.25, 0.3) is 0 Å². The Kier molecular flexibility index (Phi) is 5.48. The Morgan fingerprint density at radius 3 is 2.15 bits per heavy atom. The number of rotatable bonds is 3. The Labute approximate surface area is 124 Å². The van der Waals surface area contributed by atoms with E-state index in [1.165, 1.54) is 32.4 Å². The van der Waals surface area contributed by atoms with Gasteiger partial charge in [-0.1, -0.05) is 27.7 Å². The molecule has 0 aromatic heterocycles. The van der Waals surface area contributed by atoms with E-state index in [4.69, 9.17) is 0 Å². The highest BCUT2D eigenvalue weighted by molar-refractivity contribution is 5.76. The van der Waals surface area contributed by atoms with Crippen LogP contribution >= 0.6 is 0 Å². The van der Waals surface area contributed by atoms with Gasteiger partial charge in [0.2, 0.25) is 5.91 Å². The first-order valence-electron chi connectivity index (χ1n) is 8.47. The van der Waals surface area contributed by atoms with E-state index in [9.17, 15) is 4.79 Å². The molecule has 0 spiro atoms. The van der Waals surface area contributed by atoms with E-state index >= 15 is 0 Å². The van der Waals surface area contributed by atoms with Crippen LogP contribution in [-0.2, 0) is 4.79 Å². The van der Waals surface area contributed by atoms with Gasteiger partial charge in [0.05, 0.1) is 0 Å². The average Bonchev–Trinajstić information content (AvgIpc) is 2.37. The standard InChI is InChI=1S/C17H32N2O/c1-13(2)9-17(20)18-7-5-16(6-8-18)19-11-14(3)10-15(4)12-19/h13-16H,5-12H2,1-4H3/t14-,15+. The summed E-state index contributed by atoms with van der Waals surface area (Å²) >= 11 is 0. The highest BCUT2D eigenvalue weighted by Crippen LogP contribution is 2.26. The lowest BCUT2D eigenvalue weighted by molar-refractivity contribution is -0.133. The van der Waals surface area contributed by atoms with E-state index in [1.54, 1.807) is 0 Å². The Morgan fingerprint density at radius 1 is 1.10 bits per heavy atom. The predicted octanol–water partition coefficient (Wildman–Crippen LogP) is 3.00. The third kappa shape index (κ3) is 4.21. The van der Waals surface area contributed by atoms with Crippen LogP contribution in [0.3, 0.4) is 0 Å². The van der Waals surface area contributed by atoms with Crippen LogP contribution in [0.15, 0.2) is 0 Å². The molecule has 116 valence electrons. The van der Waals surface area contributed by atoms with Crippen LogP contribution in [0, 0.1) is 17.8 Å². The number of carbonyl (C=O) groups excluding carboxylic acids is 1. The van der Waals surface area contributed by atoms with Crippen LogP contribution < -0.4 is 0 Å². The monoisotopic (exact) mass is 280 g/mol. The second-order valence-electron chi connectivity index (χ2n) is 7.61. The minimum absolute atomic E-state index is 0.360. The molecule has 3 heteroatoms. The van der Waals surface area contributed by atoms with E-state index in [0.29, 0.717) is 24.3 Å². The van der Waals surface area contributed by atoms with Crippen LogP contribution in [-0.4, -0.2) is 47.9 Å². The minimum Gasteiger partial charge on any atom is -0.343 e. The van der Waals surface area contributed by atoms with Gasteiger partial charge in [-0.3, -0.25) is 9.69 Å². The molecule has 2 atom stereocenters. The lowest BCUT2D eigenvalue weighted by Crippen LogP contribution is -2.50. The maximum atomic E-state index is 12.1. The maximum Gasteiger partial charge on any atom is 0.222 e. The van der Waals surface area contributed by atoms with Crippen molar-refractivity contribution in [1.82, 2.24) is 9.80 Å². The molecule has 0 bridgehead atoms. The van der Waals surface area contributed by atoms with Crippen molar-refractivity contribution in [3.8, 4) is 0 Å². The summed E-state index contributed by atoms with van der Waals surface area (Å²) in [4.78, 5) is 16.9. The number of nitrogens with zero attached hydrogens (tertiary/aromatic N) is 2. The zero-order valence-corrected chi connectivity index (χ0v) is 13.8. The van der Waals surface area contributed by atoms with Gasteiger partial charge in [0.1, 0.15) is 0 Å². The molecule has 0 aromatic carbocycles. The summed E-state index contributed by atoms with van der Waals surface area (Å²) in [5.74, 6) is 2.50.